The molecular weight excluding hydrogens is 356 g/mol. The second-order valence-corrected chi connectivity index (χ2v) is 9.58. The van der Waals surface area contributed by atoms with Gasteiger partial charge in [0.2, 0.25) is 0 Å². The van der Waals surface area contributed by atoms with Gasteiger partial charge < -0.3 is 4.74 Å². The minimum Gasteiger partial charge on any atom is -0.423 e. The molecular formula is C27H40O2. The average Bonchev–Trinajstić information content (AvgIpc) is 2.75. The van der Waals surface area contributed by atoms with E-state index in [0.717, 1.165) is 12.8 Å². The summed E-state index contributed by atoms with van der Waals surface area (Å²) in [5.41, 5.74) is 2.47. The van der Waals surface area contributed by atoms with Crippen LogP contribution in [-0.2, 0) is 10.2 Å². The Balaban J connectivity index is 1.51. The zero-order valence-electron chi connectivity index (χ0n) is 18.7. The third-order valence-corrected chi connectivity index (χ3v) is 7.61. The summed E-state index contributed by atoms with van der Waals surface area (Å²) in [4.78, 5) is 11.9. The number of allylic oxidation sites excluding steroid dienone is 1. The monoisotopic (exact) mass is 396 g/mol. The van der Waals surface area contributed by atoms with E-state index < -0.39 is 0 Å². The quantitative estimate of drug-likeness (QED) is 0.164. The fourth-order valence-electron chi connectivity index (χ4n) is 5.55. The van der Waals surface area contributed by atoms with Gasteiger partial charge in [0, 0.05) is 6.08 Å². The Hall–Kier alpha value is -1.57. The van der Waals surface area contributed by atoms with Crippen molar-refractivity contribution in [3.05, 3.63) is 42.0 Å². The van der Waals surface area contributed by atoms with Gasteiger partial charge in [-0.1, -0.05) is 70.6 Å². The lowest BCUT2D eigenvalue weighted by Crippen LogP contribution is -2.44. The van der Waals surface area contributed by atoms with Crippen LogP contribution in [0.25, 0.3) is 0 Å². The molecule has 160 valence electrons. The number of hydrogen-bond donors (Lipinski definition) is 0. The molecule has 0 heterocycles. The first-order valence-electron chi connectivity index (χ1n) is 12.1. The van der Waals surface area contributed by atoms with E-state index in [1.54, 1.807) is 6.08 Å². The minimum atomic E-state index is -0.275. The molecule has 1 aromatic carbocycles. The first-order chi connectivity index (χ1) is 14.1. The lowest BCUT2D eigenvalue weighted by Gasteiger charge is -2.54. The van der Waals surface area contributed by atoms with Gasteiger partial charge in [-0.15, -0.1) is 0 Å². The third-order valence-electron chi connectivity index (χ3n) is 7.61. The van der Waals surface area contributed by atoms with Crippen LogP contribution in [-0.4, -0.2) is 5.97 Å². The largest absolute Gasteiger partial charge is 0.423 e. The van der Waals surface area contributed by atoms with Crippen LogP contribution in [0.5, 0.6) is 5.75 Å². The number of unbranched alkanes of at least 4 members (excludes halogenated alkanes) is 5. The van der Waals surface area contributed by atoms with Crippen LogP contribution >= 0.6 is 0 Å². The average molecular weight is 397 g/mol. The normalized spacial score (nSPS) is 26.1. The Morgan fingerprint density at radius 1 is 0.897 bits per heavy atom. The maximum atomic E-state index is 11.9. The Bertz CT molecular complexity index is 646. The van der Waals surface area contributed by atoms with E-state index in [1.807, 2.05) is 18.2 Å². The highest BCUT2D eigenvalue weighted by atomic mass is 16.5. The highest BCUT2D eigenvalue weighted by Crippen LogP contribution is 2.59. The summed E-state index contributed by atoms with van der Waals surface area (Å²) < 4.78 is 5.44. The van der Waals surface area contributed by atoms with Gasteiger partial charge in [0.05, 0.1) is 0 Å². The molecule has 0 spiro atoms. The summed E-state index contributed by atoms with van der Waals surface area (Å²) in [6, 6.07) is 8.39. The molecule has 0 aromatic heterocycles. The Labute approximate surface area is 178 Å². The van der Waals surface area contributed by atoms with Crippen LogP contribution in [0.4, 0.5) is 0 Å². The summed E-state index contributed by atoms with van der Waals surface area (Å²) in [7, 11) is 0. The maximum absolute atomic E-state index is 11.9. The molecule has 2 heteroatoms. The first kappa shape index (κ1) is 22.1. The second kappa shape index (κ2) is 10.5. The van der Waals surface area contributed by atoms with Gasteiger partial charge in [-0.05, 0) is 79.9 Å². The van der Waals surface area contributed by atoms with Gasteiger partial charge in [0.15, 0.2) is 0 Å². The molecule has 4 rings (SSSR count). The number of carbonyl (C=O) groups is 1. The van der Waals surface area contributed by atoms with Crippen LogP contribution in [0.1, 0.15) is 109 Å². The van der Waals surface area contributed by atoms with Crippen molar-refractivity contribution in [3.63, 3.8) is 0 Å². The Kier molecular flexibility index (Phi) is 7.98. The summed E-state index contributed by atoms with van der Waals surface area (Å²) in [6.45, 7) is 4.39. The standard InChI is InChI=1S/C27H40O2/c1-3-5-7-8-10-16-26-17-20-27(21-18-26,22-19-26)23-12-14-24(15-13-23)29-25(28)11-9-6-4-2/h9,11-15H,3-8,10,16-22H2,1-2H3/b11-9+. The van der Waals surface area contributed by atoms with Crippen molar-refractivity contribution in [2.75, 3.05) is 0 Å². The highest BCUT2D eigenvalue weighted by molar-refractivity contribution is 5.83. The van der Waals surface area contributed by atoms with E-state index in [9.17, 15) is 4.79 Å². The van der Waals surface area contributed by atoms with Crippen molar-refractivity contribution < 1.29 is 9.53 Å². The molecule has 29 heavy (non-hydrogen) atoms. The van der Waals surface area contributed by atoms with Gasteiger partial charge in [0.1, 0.15) is 5.75 Å². The molecule has 0 amide bonds. The van der Waals surface area contributed by atoms with Gasteiger partial charge >= 0.3 is 5.97 Å². The molecule has 2 bridgehead atoms. The van der Waals surface area contributed by atoms with Crippen molar-refractivity contribution in [1.82, 2.24) is 0 Å². The topological polar surface area (TPSA) is 26.3 Å². The second-order valence-electron chi connectivity index (χ2n) is 9.58. The molecule has 0 N–H and O–H groups in total. The van der Waals surface area contributed by atoms with E-state index in [0.29, 0.717) is 16.6 Å². The maximum Gasteiger partial charge on any atom is 0.335 e. The predicted octanol–water partition coefficient (Wildman–Crippen LogP) is 7.90. The van der Waals surface area contributed by atoms with Crippen molar-refractivity contribution in [2.24, 2.45) is 5.41 Å². The van der Waals surface area contributed by atoms with Gasteiger partial charge in [-0.3, -0.25) is 0 Å². The smallest absolute Gasteiger partial charge is 0.335 e. The highest BCUT2D eigenvalue weighted by Gasteiger charge is 2.48. The number of benzene rings is 1. The molecule has 2 nitrogen and oxygen atoms in total. The van der Waals surface area contributed by atoms with Gasteiger partial charge in [0.25, 0.3) is 0 Å². The number of carbonyl (C=O) groups excluding carboxylic acids is 1. The summed E-state index contributed by atoms with van der Waals surface area (Å²) in [6.07, 6.45) is 22.1. The van der Waals surface area contributed by atoms with Crippen LogP contribution in [0, 0.1) is 5.41 Å². The molecule has 3 saturated carbocycles. The van der Waals surface area contributed by atoms with Crippen molar-refractivity contribution in [1.29, 1.82) is 0 Å². The summed E-state index contributed by atoms with van der Waals surface area (Å²) >= 11 is 0. The van der Waals surface area contributed by atoms with Crippen molar-refractivity contribution >= 4 is 5.97 Å². The summed E-state index contributed by atoms with van der Waals surface area (Å²) in [5.74, 6) is 0.382. The molecule has 3 aliphatic carbocycles. The molecule has 0 saturated heterocycles. The van der Waals surface area contributed by atoms with E-state index in [-0.39, 0.29) is 5.97 Å². The van der Waals surface area contributed by atoms with E-state index >= 15 is 0 Å². The fourth-order valence-corrected chi connectivity index (χ4v) is 5.55. The van der Waals surface area contributed by atoms with Gasteiger partial charge in [-0.25, -0.2) is 4.79 Å². The number of hydrogen-bond acceptors (Lipinski definition) is 2. The summed E-state index contributed by atoms with van der Waals surface area (Å²) in [5, 5.41) is 0. The van der Waals surface area contributed by atoms with Crippen molar-refractivity contribution in [2.45, 2.75) is 109 Å². The SMILES string of the molecule is CCC/C=C/C(=O)Oc1ccc(C23CCC(CCCCCCC)(CC2)CC3)cc1. The third kappa shape index (κ3) is 5.74. The Morgan fingerprint density at radius 3 is 2.17 bits per heavy atom. The zero-order valence-corrected chi connectivity index (χ0v) is 18.7. The van der Waals surface area contributed by atoms with Crippen LogP contribution in [0.3, 0.4) is 0 Å². The lowest BCUT2D eigenvalue weighted by atomic mass is 9.51. The van der Waals surface area contributed by atoms with E-state index in [4.69, 9.17) is 4.74 Å². The van der Waals surface area contributed by atoms with E-state index in [1.165, 1.54) is 82.6 Å². The molecule has 1 aromatic rings. The molecule has 0 aliphatic heterocycles. The van der Waals surface area contributed by atoms with Crippen LogP contribution in [0.2, 0.25) is 0 Å². The van der Waals surface area contributed by atoms with Crippen LogP contribution < -0.4 is 4.74 Å². The molecule has 0 unspecified atom stereocenters. The molecule has 3 fully saturated rings. The molecule has 0 radical (unpaired) electrons. The lowest BCUT2D eigenvalue weighted by molar-refractivity contribution is -0.129. The number of fused-ring (bicyclic) bond motifs is 3. The van der Waals surface area contributed by atoms with Crippen molar-refractivity contribution in [3.8, 4) is 5.75 Å². The number of esters is 1. The van der Waals surface area contributed by atoms with Crippen LogP contribution in [0.15, 0.2) is 36.4 Å². The van der Waals surface area contributed by atoms with Gasteiger partial charge in [-0.2, -0.15) is 0 Å². The first-order valence-corrected chi connectivity index (χ1v) is 12.1. The number of rotatable bonds is 11. The minimum absolute atomic E-state index is 0.275. The fraction of sp³-hybridized carbons (Fsp3) is 0.667. The van der Waals surface area contributed by atoms with E-state index in [2.05, 4.69) is 26.0 Å². The zero-order chi connectivity index (χ0) is 20.6. The Morgan fingerprint density at radius 2 is 1.55 bits per heavy atom. The predicted molar refractivity (Wildman–Crippen MR) is 121 cm³/mol. The number of ether oxygens (including phenoxy) is 1. The molecule has 0 atom stereocenters. The molecule has 3 aliphatic rings.